The highest BCUT2D eigenvalue weighted by Gasteiger charge is 2.58. The van der Waals surface area contributed by atoms with Crippen LogP contribution in [-0.2, 0) is 5.41 Å². The first-order chi connectivity index (χ1) is 16.0. The summed E-state index contributed by atoms with van der Waals surface area (Å²) in [7, 11) is 2.09. The Labute approximate surface area is 204 Å². The summed E-state index contributed by atoms with van der Waals surface area (Å²) in [6.45, 7) is 5.21. The van der Waals surface area contributed by atoms with Gasteiger partial charge in [0.05, 0.1) is 18.2 Å². The van der Waals surface area contributed by atoms with Gasteiger partial charge in [-0.05, 0) is 61.9 Å². The fourth-order valence-corrected chi connectivity index (χ4v) is 5.58. The van der Waals surface area contributed by atoms with E-state index in [-0.39, 0.29) is 5.41 Å². The van der Waals surface area contributed by atoms with Crippen LogP contribution in [0, 0.1) is 0 Å². The quantitative estimate of drug-likeness (QED) is 0.247. The average Bonchev–Trinajstić information content (AvgIpc) is 2.99. The molecule has 0 aliphatic carbocycles. The zero-order chi connectivity index (χ0) is 23.1. The molecular weight excluding hydrogens is 476 g/mol. The highest BCUT2D eigenvalue weighted by atomic mass is 79.9. The third kappa shape index (κ3) is 3.61. The number of likely N-dealkylation sites (N-methyl/N-ethyl adjacent to an activating group) is 1. The lowest BCUT2D eigenvalue weighted by atomic mass is 9.77. The number of alkyl halides is 1. The van der Waals surface area contributed by atoms with Crippen LogP contribution in [0.25, 0.3) is 10.8 Å². The Kier molecular flexibility index (Phi) is 5.86. The number of benzene rings is 3. The molecule has 0 saturated carbocycles. The van der Waals surface area contributed by atoms with E-state index < -0.39 is 5.72 Å². The van der Waals surface area contributed by atoms with Gasteiger partial charge in [-0.3, -0.25) is 4.99 Å². The predicted octanol–water partition coefficient (Wildman–Crippen LogP) is 7.39. The Morgan fingerprint density at radius 1 is 1.00 bits per heavy atom. The van der Waals surface area contributed by atoms with E-state index in [4.69, 9.17) is 14.5 Å². The van der Waals surface area contributed by atoms with Crippen molar-refractivity contribution in [2.75, 3.05) is 23.9 Å². The number of anilines is 1. The van der Waals surface area contributed by atoms with Crippen molar-refractivity contribution >= 4 is 44.3 Å². The first kappa shape index (κ1) is 22.3. The average molecular weight is 507 g/mol. The van der Waals surface area contributed by atoms with E-state index in [0.29, 0.717) is 0 Å². The highest BCUT2D eigenvalue weighted by molar-refractivity contribution is 9.09. The van der Waals surface area contributed by atoms with Crippen LogP contribution in [0.4, 0.5) is 11.4 Å². The third-order valence-electron chi connectivity index (χ3n) is 7.19. The Morgan fingerprint density at radius 2 is 1.79 bits per heavy atom. The molecule has 5 rings (SSSR count). The van der Waals surface area contributed by atoms with E-state index in [1.54, 1.807) is 0 Å². The van der Waals surface area contributed by atoms with Crippen LogP contribution in [0.15, 0.2) is 59.6 Å². The minimum absolute atomic E-state index is 0.256. The Hall–Kier alpha value is -2.53. The number of aliphatic imine (C=N–C) groups is 1. The lowest BCUT2D eigenvalue weighted by Gasteiger charge is -2.45. The van der Waals surface area contributed by atoms with Gasteiger partial charge in [-0.25, -0.2) is 0 Å². The molecule has 2 aliphatic heterocycles. The Bertz CT molecular complexity index is 1210. The van der Waals surface area contributed by atoms with Crippen LogP contribution in [0.1, 0.15) is 45.1 Å². The van der Waals surface area contributed by atoms with Gasteiger partial charge in [0.1, 0.15) is 17.2 Å². The second kappa shape index (κ2) is 8.68. The molecule has 5 heteroatoms. The molecule has 0 bridgehead atoms. The molecule has 4 nitrogen and oxygen atoms in total. The number of para-hydroxylation sites is 1. The Morgan fingerprint density at radius 3 is 2.61 bits per heavy atom. The molecular formula is C28H31BrN2O2. The van der Waals surface area contributed by atoms with Gasteiger partial charge in [-0.2, -0.15) is 0 Å². The molecule has 0 N–H and O–H groups in total. The second-order valence-electron chi connectivity index (χ2n) is 9.50. The van der Waals surface area contributed by atoms with Gasteiger partial charge in [-0.1, -0.05) is 59.1 Å². The van der Waals surface area contributed by atoms with Crippen LogP contribution in [0.5, 0.6) is 11.5 Å². The summed E-state index contributed by atoms with van der Waals surface area (Å²) in [5, 5.41) is 3.27. The van der Waals surface area contributed by atoms with Crippen molar-refractivity contribution in [3.63, 3.8) is 0 Å². The molecule has 0 aromatic heterocycles. The maximum Gasteiger partial charge on any atom is 0.228 e. The van der Waals surface area contributed by atoms with E-state index in [1.807, 2.05) is 18.3 Å². The highest BCUT2D eigenvalue weighted by Crippen LogP contribution is 2.54. The maximum atomic E-state index is 6.81. The fraction of sp³-hybridized carbons (Fsp3) is 0.393. The third-order valence-corrected chi connectivity index (χ3v) is 7.75. The molecule has 2 heterocycles. The summed E-state index contributed by atoms with van der Waals surface area (Å²) >= 11 is 3.49. The SMILES string of the molecule is CN1c2ccccc2C(C)(C)C12C=Nc1c(ccc3ccc(OCCCCCCBr)cc13)O2. The number of hydrogen-bond donors (Lipinski definition) is 0. The first-order valence-corrected chi connectivity index (χ1v) is 12.9. The topological polar surface area (TPSA) is 34.1 Å². The summed E-state index contributed by atoms with van der Waals surface area (Å²) < 4.78 is 12.9. The van der Waals surface area contributed by atoms with Crippen molar-refractivity contribution in [3.05, 3.63) is 60.2 Å². The van der Waals surface area contributed by atoms with Gasteiger partial charge in [0.15, 0.2) is 0 Å². The molecule has 3 aromatic rings. The van der Waals surface area contributed by atoms with Crippen molar-refractivity contribution in [1.29, 1.82) is 0 Å². The minimum Gasteiger partial charge on any atom is -0.494 e. The molecule has 33 heavy (non-hydrogen) atoms. The van der Waals surface area contributed by atoms with E-state index in [0.717, 1.165) is 46.3 Å². The largest absolute Gasteiger partial charge is 0.494 e. The summed E-state index contributed by atoms with van der Waals surface area (Å²) in [6.07, 6.45) is 6.72. The van der Waals surface area contributed by atoms with Crippen molar-refractivity contribution in [1.82, 2.24) is 0 Å². The number of fused-ring (bicyclic) bond motifs is 4. The number of unbranched alkanes of at least 4 members (excludes halogenated alkanes) is 3. The van der Waals surface area contributed by atoms with Crippen molar-refractivity contribution in [2.24, 2.45) is 4.99 Å². The van der Waals surface area contributed by atoms with Crippen LogP contribution in [0.2, 0.25) is 0 Å². The predicted molar refractivity (Wildman–Crippen MR) is 141 cm³/mol. The molecule has 0 saturated heterocycles. The standard InChI is InChI=1S/C28H31BrN2O2/c1-27(2)23-10-6-7-11-24(23)31(3)28(27)19-30-26-22-18-21(32-17-9-5-4-8-16-29)14-12-20(22)13-15-25(26)33-28/h6-7,10-15,18-19H,4-5,8-9,16-17H2,1-3H3. The van der Waals surface area contributed by atoms with Gasteiger partial charge in [0.25, 0.3) is 0 Å². The number of nitrogens with zero attached hydrogens (tertiary/aromatic N) is 2. The van der Waals surface area contributed by atoms with Gasteiger partial charge in [-0.15, -0.1) is 0 Å². The first-order valence-electron chi connectivity index (χ1n) is 11.8. The molecule has 0 radical (unpaired) electrons. The minimum atomic E-state index is -0.666. The summed E-state index contributed by atoms with van der Waals surface area (Å²) in [6, 6.07) is 18.9. The molecule has 2 aliphatic rings. The zero-order valence-electron chi connectivity index (χ0n) is 19.6. The van der Waals surface area contributed by atoms with Crippen LogP contribution in [-0.4, -0.2) is 30.9 Å². The van der Waals surface area contributed by atoms with E-state index in [9.17, 15) is 0 Å². The zero-order valence-corrected chi connectivity index (χ0v) is 21.2. The number of rotatable bonds is 7. The van der Waals surface area contributed by atoms with Gasteiger partial charge in [0, 0.05) is 23.5 Å². The van der Waals surface area contributed by atoms with Gasteiger partial charge < -0.3 is 14.4 Å². The molecule has 0 fully saturated rings. The van der Waals surface area contributed by atoms with E-state index >= 15 is 0 Å². The van der Waals surface area contributed by atoms with E-state index in [2.05, 4.69) is 84.2 Å². The summed E-state index contributed by atoms with van der Waals surface area (Å²) in [5.41, 5.74) is 2.41. The fourth-order valence-electron chi connectivity index (χ4n) is 5.18. The van der Waals surface area contributed by atoms with Crippen LogP contribution >= 0.6 is 15.9 Å². The second-order valence-corrected chi connectivity index (χ2v) is 10.3. The number of hydrogen-bond acceptors (Lipinski definition) is 4. The number of ether oxygens (including phenoxy) is 2. The molecule has 0 amide bonds. The smallest absolute Gasteiger partial charge is 0.228 e. The molecule has 172 valence electrons. The van der Waals surface area contributed by atoms with Crippen molar-refractivity contribution in [3.8, 4) is 11.5 Å². The van der Waals surface area contributed by atoms with Crippen LogP contribution in [0.3, 0.4) is 0 Å². The van der Waals surface area contributed by atoms with Crippen molar-refractivity contribution < 1.29 is 9.47 Å². The van der Waals surface area contributed by atoms with Crippen molar-refractivity contribution in [2.45, 2.75) is 50.7 Å². The lowest BCUT2D eigenvalue weighted by molar-refractivity contribution is 0.0826. The molecule has 1 unspecified atom stereocenters. The molecule has 1 atom stereocenters. The number of halogens is 1. The monoisotopic (exact) mass is 506 g/mol. The summed E-state index contributed by atoms with van der Waals surface area (Å²) in [5.74, 6) is 1.70. The van der Waals surface area contributed by atoms with E-state index in [1.165, 1.54) is 30.5 Å². The Balaban J connectivity index is 1.43. The van der Waals surface area contributed by atoms with Crippen LogP contribution < -0.4 is 14.4 Å². The maximum absolute atomic E-state index is 6.81. The lowest BCUT2D eigenvalue weighted by Crippen LogP contribution is -2.61. The molecule has 3 aromatic carbocycles. The molecule has 1 spiro atoms. The van der Waals surface area contributed by atoms with Gasteiger partial charge in [0.2, 0.25) is 5.72 Å². The normalized spacial score (nSPS) is 20.1. The summed E-state index contributed by atoms with van der Waals surface area (Å²) in [4.78, 5) is 7.22. The van der Waals surface area contributed by atoms with Gasteiger partial charge >= 0.3 is 0 Å².